The number of likely N-dealkylation sites (tertiary alicyclic amines) is 1. The molecule has 1 fully saturated rings. The molecule has 0 radical (unpaired) electrons. The van der Waals surface area contributed by atoms with Gasteiger partial charge in [-0.25, -0.2) is 15.0 Å². The Hall–Kier alpha value is -2.61. The molecule has 4 heterocycles. The molecule has 0 saturated carbocycles. The van der Waals surface area contributed by atoms with E-state index >= 15 is 0 Å². The van der Waals surface area contributed by atoms with Crippen molar-refractivity contribution in [2.75, 3.05) is 6.54 Å². The van der Waals surface area contributed by atoms with Gasteiger partial charge in [-0.1, -0.05) is 0 Å². The summed E-state index contributed by atoms with van der Waals surface area (Å²) in [5, 5.41) is 0. The number of hydrogen-bond donors (Lipinski definition) is 1. The Morgan fingerprint density at radius 3 is 2.88 bits per heavy atom. The Balaban J connectivity index is 1.70. The predicted octanol–water partition coefficient (Wildman–Crippen LogP) is 3.31. The van der Waals surface area contributed by atoms with E-state index in [-0.39, 0.29) is 11.9 Å². The van der Waals surface area contributed by atoms with Crippen molar-refractivity contribution >= 4 is 17.2 Å². The molecule has 1 unspecified atom stereocenters. The lowest BCUT2D eigenvalue weighted by Gasteiger charge is -2.35. The minimum Gasteiger partial charge on any atom is -0.341 e. The second-order valence-electron chi connectivity index (χ2n) is 6.52. The molecule has 3 aromatic rings. The van der Waals surface area contributed by atoms with Crippen LogP contribution in [0.2, 0.25) is 0 Å². The average Bonchev–Trinajstić information content (AvgIpc) is 3.32. The monoisotopic (exact) mass is 368 g/mol. The molecule has 1 amide bonds. The highest BCUT2D eigenvalue weighted by atomic mass is 32.1. The van der Waals surface area contributed by atoms with Crippen LogP contribution in [0.5, 0.6) is 0 Å². The maximum atomic E-state index is 12.9. The van der Waals surface area contributed by atoms with Crippen molar-refractivity contribution < 1.29 is 4.79 Å². The van der Waals surface area contributed by atoms with Gasteiger partial charge in [-0.3, -0.25) is 9.78 Å². The van der Waals surface area contributed by atoms with Gasteiger partial charge in [-0.05, 0) is 39.2 Å². The molecule has 1 atom stereocenters. The van der Waals surface area contributed by atoms with E-state index in [9.17, 15) is 4.79 Å². The van der Waals surface area contributed by atoms with Crippen LogP contribution in [-0.2, 0) is 0 Å². The van der Waals surface area contributed by atoms with Gasteiger partial charge in [0, 0.05) is 18.4 Å². The molecular formula is C18H20N6OS. The normalized spacial score (nSPS) is 17.5. The lowest BCUT2D eigenvalue weighted by atomic mass is 9.98. The highest BCUT2D eigenvalue weighted by Crippen LogP contribution is 2.32. The number of aromatic amines is 1. The summed E-state index contributed by atoms with van der Waals surface area (Å²) < 4.78 is 0. The summed E-state index contributed by atoms with van der Waals surface area (Å²) in [6, 6.07) is 1.91. The number of amides is 1. The predicted molar refractivity (Wildman–Crippen MR) is 98.8 cm³/mol. The number of carbonyl (C=O) groups excluding carboxylic acids is 1. The fourth-order valence-electron chi connectivity index (χ4n) is 3.37. The molecule has 4 rings (SSSR count). The summed E-state index contributed by atoms with van der Waals surface area (Å²) in [7, 11) is 0. The van der Waals surface area contributed by atoms with Crippen molar-refractivity contribution in [3.05, 3.63) is 46.1 Å². The molecule has 0 spiro atoms. The average molecular weight is 368 g/mol. The zero-order valence-electron chi connectivity index (χ0n) is 14.8. The van der Waals surface area contributed by atoms with Crippen LogP contribution in [0, 0.1) is 13.8 Å². The Labute approximate surface area is 155 Å². The Kier molecular flexibility index (Phi) is 4.50. The van der Waals surface area contributed by atoms with Crippen LogP contribution in [0.3, 0.4) is 0 Å². The molecule has 7 nitrogen and oxygen atoms in total. The first-order valence-corrected chi connectivity index (χ1v) is 9.57. The van der Waals surface area contributed by atoms with Crippen LogP contribution in [-0.4, -0.2) is 42.3 Å². The van der Waals surface area contributed by atoms with Crippen LogP contribution < -0.4 is 0 Å². The smallest absolute Gasteiger partial charge is 0.266 e. The molecule has 0 aromatic carbocycles. The molecule has 3 aromatic heterocycles. The highest BCUT2D eigenvalue weighted by Gasteiger charge is 2.31. The molecule has 26 heavy (non-hydrogen) atoms. The van der Waals surface area contributed by atoms with Gasteiger partial charge in [0.2, 0.25) is 0 Å². The number of nitrogens with one attached hydrogen (secondary N) is 1. The molecular weight excluding hydrogens is 348 g/mol. The Bertz CT molecular complexity index is 920. The van der Waals surface area contributed by atoms with Crippen molar-refractivity contribution in [1.29, 1.82) is 0 Å². The largest absolute Gasteiger partial charge is 0.341 e. The lowest BCUT2D eigenvalue weighted by molar-refractivity contribution is 0.0610. The third-order valence-electron chi connectivity index (χ3n) is 4.55. The Morgan fingerprint density at radius 1 is 1.27 bits per heavy atom. The molecule has 1 aliphatic heterocycles. The zero-order valence-corrected chi connectivity index (χ0v) is 15.6. The van der Waals surface area contributed by atoms with Crippen LogP contribution in [0.15, 0.2) is 24.0 Å². The highest BCUT2D eigenvalue weighted by molar-refractivity contribution is 7.11. The summed E-state index contributed by atoms with van der Waals surface area (Å²) in [5.41, 5.74) is 4.31. The second kappa shape index (κ2) is 6.95. The minimum absolute atomic E-state index is 0.0314. The van der Waals surface area contributed by atoms with Gasteiger partial charge in [-0.2, -0.15) is 0 Å². The molecule has 0 bridgehead atoms. The summed E-state index contributed by atoms with van der Waals surface area (Å²) in [4.78, 5) is 36.3. The number of hydrogen-bond acceptors (Lipinski definition) is 6. The molecule has 1 N–H and O–H groups in total. The van der Waals surface area contributed by atoms with Crippen molar-refractivity contribution in [2.45, 2.75) is 39.2 Å². The molecule has 0 aliphatic carbocycles. The topological polar surface area (TPSA) is 87.7 Å². The third-order valence-corrected chi connectivity index (χ3v) is 5.31. The van der Waals surface area contributed by atoms with Crippen molar-refractivity contribution in [3.63, 3.8) is 0 Å². The number of aromatic nitrogens is 5. The molecule has 1 aliphatic rings. The standard InChI is InChI=1S/C18H20N6OS/c1-11-8-20-17(21-11)14-7-13(22-12(2)23-14)15-5-3-4-6-24(15)18(25)16-9-19-10-26-16/h7-10,15H,3-6H2,1-2H3,(H,20,21). The molecule has 134 valence electrons. The Morgan fingerprint density at radius 2 is 2.15 bits per heavy atom. The van der Waals surface area contributed by atoms with E-state index in [2.05, 4.69) is 24.9 Å². The zero-order chi connectivity index (χ0) is 18.1. The van der Waals surface area contributed by atoms with Gasteiger partial charge in [0.1, 0.15) is 16.4 Å². The quantitative estimate of drug-likeness (QED) is 0.766. The third kappa shape index (κ3) is 3.24. The fourth-order valence-corrected chi connectivity index (χ4v) is 3.95. The maximum absolute atomic E-state index is 12.9. The lowest BCUT2D eigenvalue weighted by Crippen LogP contribution is -2.38. The van der Waals surface area contributed by atoms with E-state index in [1.54, 1.807) is 17.9 Å². The number of thiazole rings is 1. The second-order valence-corrected chi connectivity index (χ2v) is 7.40. The fraction of sp³-hybridized carbons (Fsp3) is 0.389. The van der Waals surface area contributed by atoms with Crippen molar-refractivity contribution in [1.82, 2.24) is 29.8 Å². The van der Waals surface area contributed by atoms with E-state index in [0.717, 1.165) is 48.7 Å². The number of aryl methyl sites for hydroxylation is 2. The van der Waals surface area contributed by atoms with Crippen molar-refractivity contribution in [2.24, 2.45) is 0 Å². The van der Waals surface area contributed by atoms with Gasteiger partial charge < -0.3 is 9.88 Å². The summed E-state index contributed by atoms with van der Waals surface area (Å²) >= 11 is 1.38. The first kappa shape index (κ1) is 16.8. The number of imidazole rings is 1. The number of carbonyl (C=O) groups is 1. The number of piperidine rings is 1. The number of H-pyrrole nitrogens is 1. The molecule has 1 saturated heterocycles. The summed E-state index contributed by atoms with van der Waals surface area (Å²) in [6.45, 7) is 4.57. The van der Waals surface area contributed by atoms with E-state index in [4.69, 9.17) is 0 Å². The van der Waals surface area contributed by atoms with E-state index in [1.807, 2.05) is 24.8 Å². The SMILES string of the molecule is Cc1nc(-c2ncc(C)[nH]2)cc(C2CCCCN2C(=O)c2cncs2)n1. The van der Waals surface area contributed by atoms with Crippen LogP contribution in [0.25, 0.3) is 11.5 Å². The van der Waals surface area contributed by atoms with Crippen LogP contribution in [0.4, 0.5) is 0 Å². The molecule has 8 heteroatoms. The number of nitrogens with zero attached hydrogens (tertiary/aromatic N) is 5. The van der Waals surface area contributed by atoms with Crippen LogP contribution >= 0.6 is 11.3 Å². The van der Waals surface area contributed by atoms with Gasteiger partial charge in [-0.15, -0.1) is 11.3 Å². The van der Waals surface area contributed by atoms with Crippen molar-refractivity contribution in [3.8, 4) is 11.5 Å². The summed E-state index contributed by atoms with van der Waals surface area (Å²) in [6.07, 6.45) is 6.41. The minimum atomic E-state index is -0.0464. The van der Waals surface area contributed by atoms with Gasteiger partial charge >= 0.3 is 0 Å². The number of rotatable bonds is 3. The van der Waals surface area contributed by atoms with E-state index in [1.165, 1.54) is 11.3 Å². The van der Waals surface area contributed by atoms with E-state index in [0.29, 0.717) is 10.7 Å². The first-order valence-electron chi connectivity index (χ1n) is 8.69. The van der Waals surface area contributed by atoms with Gasteiger partial charge in [0.05, 0.1) is 23.4 Å². The maximum Gasteiger partial charge on any atom is 0.266 e. The van der Waals surface area contributed by atoms with Gasteiger partial charge in [0.15, 0.2) is 5.82 Å². The van der Waals surface area contributed by atoms with Gasteiger partial charge in [0.25, 0.3) is 5.91 Å². The summed E-state index contributed by atoms with van der Waals surface area (Å²) in [5.74, 6) is 1.44. The van der Waals surface area contributed by atoms with E-state index < -0.39 is 0 Å². The van der Waals surface area contributed by atoms with Crippen LogP contribution in [0.1, 0.15) is 52.2 Å². The first-order chi connectivity index (χ1) is 12.6.